The van der Waals surface area contributed by atoms with E-state index in [0.717, 1.165) is 41.0 Å². The van der Waals surface area contributed by atoms with Crippen LogP contribution in [-0.4, -0.2) is 56.2 Å². The number of rotatable bonds is 13. The van der Waals surface area contributed by atoms with Gasteiger partial charge in [0, 0.05) is 41.8 Å². The number of halogens is 5. The van der Waals surface area contributed by atoms with Gasteiger partial charge in [0.05, 0.1) is 10.9 Å². The lowest BCUT2D eigenvalue weighted by Gasteiger charge is -2.40. The number of nitrogens with two attached hydrogens (primary N) is 1. The first-order valence-electron chi connectivity index (χ1n) is 16.3. The van der Waals surface area contributed by atoms with E-state index in [0.29, 0.717) is 55.9 Å². The first kappa shape index (κ1) is 37.5. The van der Waals surface area contributed by atoms with Gasteiger partial charge in [-0.05, 0) is 110 Å². The molecule has 4 atom stereocenters. The quantitative estimate of drug-likeness (QED) is 0.171. The summed E-state index contributed by atoms with van der Waals surface area (Å²) in [6.07, 6.45) is 1.63. The number of hydrogen-bond acceptors (Lipinski definition) is 6. The minimum absolute atomic E-state index is 0.119. The molecule has 1 aliphatic carbocycles. The Kier molecular flexibility index (Phi) is 12.1. The number of hydrogen-bond donors (Lipinski definition) is 3. The van der Waals surface area contributed by atoms with Crippen LogP contribution < -0.4 is 21.1 Å². The highest BCUT2D eigenvalue weighted by Crippen LogP contribution is 2.31. The molecule has 1 saturated heterocycles. The van der Waals surface area contributed by atoms with Crippen molar-refractivity contribution >= 4 is 27.5 Å². The zero-order chi connectivity index (χ0) is 36.1. The van der Waals surface area contributed by atoms with E-state index >= 15 is 0 Å². The Labute approximate surface area is 294 Å². The van der Waals surface area contributed by atoms with Crippen LogP contribution in [0.2, 0.25) is 5.02 Å². The van der Waals surface area contributed by atoms with Crippen LogP contribution in [0.1, 0.15) is 49.7 Å². The molecule has 1 fully saturated rings. The molecule has 1 heterocycles. The van der Waals surface area contributed by atoms with Gasteiger partial charge in [-0.15, -0.1) is 13.2 Å². The number of carbonyl (C=O) groups excluding carboxylic acids is 1. The molecule has 3 aromatic carbocycles. The number of ether oxygens (including phenoxy) is 1. The maximum Gasteiger partial charge on any atom is 0.573 e. The van der Waals surface area contributed by atoms with Gasteiger partial charge in [0.15, 0.2) is 0 Å². The average Bonchev–Trinajstić information content (AvgIpc) is 3.50. The zero-order valence-electron chi connectivity index (χ0n) is 27.3. The van der Waals surface area contributed by atoms with Crippen LogP contribution in [0, 0.1) is 5.82 Å². The van der Waals surface area contributed by atoms with E-state index in [1.54, 1.807) is 31.2 Å². The van der Waals surface area contributed by atoms with Crippen molar-refractivity contribution in [2.75, 3.05) is 13.1 Å². The van der Waals surface area contributed by atoms with Crippen molar-refractivity contribution in [3.63, 3.8) is 0 Å². The Morgan fingerprint density at radius 2 is 1.74 bits per heavy atom. The Morgan fingerprint density at radius 3 is 2.40 bits per heavy atom. The van der Waals surface area contributed by atoms with Crippen LogP contribution in [0.3, 0.4) is 0 Å². The summed E-state index contributed by atoms with van der Waals surface area (Å²) in [7, 11) is -4.03. The Hall–Kier alpha value is -3.75. The van der Waals surface area contributed by atoms with Crippen LogP contribution >= 0.6 is 11.6 Å². The Balaban J connectivity index is 1.24. The highest BCUT2D eigenvalue weighted by molar-refractivity contribution is 7.89. The number of piperazine rings is 1. The summed E-state index contributed by atoms with van der Waals surface area (Å²) in [5.74, 6) is -1.66. The third-order valence-electron chi connectivity index (χ3n) is 8.95. The fraction of sp³-hybridized carbons (Fsp3) is 0.361. The summed E-state index contributed by atoms with van der Waals surface area (Å²) in [6.45, 7) is 2.62. The predicted molar refractivity (Wildman–Crippen MR) is 183 cm³/mol. The van der Waals surface area contributed by atoms with Crippen LogP contribution in [0.15, 0.2) is 101 Å². The molecule has 4 N–H and O–H groups in total. The van der Waals surface area contributed by atoms with Gasteiger partial charge in [0.1, 0.15) is 11.6 Å². The molecule has 2 aliphatic rings. The minimum Gasteiger partial charge on any atom is -0.406 e. The number of sulfonamides is 1. The molecule has 8 nitrogen and oxygen atoms in total. The summed E-state index contributed by atoms with van der Waals surface area (Å²) >= 11 is 6.11. The molecule has 0 bridgehead atoms. The molecule has 0 unspecified atom stereocenters. The van der Waals surface area contributed by atoms with E-state index in [2.05, 4.69) is 15.4 Å². The third-order valence-corrected chi connectivity index (χ3v) is 11.3. The van der Waals surface area contributed by atoms with Gasteiger partial charge in [-0.3, -0.25) is 4.79 Å². The Morgan fingerprint density at radius 1 is 1.06 bits per heavy atom. The topological polar surface area (TPSA) is 114 Å². The monoisotopic (exact) mass is 734 g/mol. The van der Waals surface area contributed by atoms with Crippen LogP contribution in [0.5, 0.6) is 5.75 Å². The van der Waals surface area contributed by atoms with E-state index in [1.165, 1.54) is 16.4 Å². The van der Waals surface area contributed by atoms with E-state index in [4.69, 9.17) is 17.3 Å². The predicted octanol–water partition coefficient (Wildman–Crippen LogP) is 6.58. The van der Waals surface area contributed by atoms with Crippen molar-refractivity contribution in [1.82, 2.24) is 14.9 Å². The highest BCUT2D eigenvalue weighted by Gasteiger charge is 2.38. The molecule has 0 aromatic heterocycles. The van der Waals surface area contributed by atoms with E-state index in [-0.39, 0.29) is 16.6 Å². The first-order chi connectivity index (χ1) is 23.7. The molecule has 14 heteroatoms. The summed E-state index contributed by atoms with van der Waals surface area (Å²) in [5, 5.41) is 6.82. The number of nitrogens with one attached hydrogen (secondary N) is 2. The number of carbonyl (C=O) groups is 1. The number of benzene rings is 3. The lowest BCUT2D eigenvalue weighted by atomic mass is 9.85. The van der Waals surface area contributed by atoms with Crippen molar-refractivity contribution in [3.05, 3.63) is 118 Å². The second kappa shape index (κ2) is 16.1. The molecule has 50 heavy (non-hydrogen) atoms. The first-order valence-corrected chi connectivity index (χ1v) is 18.1. The number of amides is 1. The molecule has 0 saturated carbocycles. The van der Waals surface area contributed by atoms with Crippen molar-refractivity contribution < 1.29 is 35.5 Å². The Bertz CT molecular complexity index is 1800. The van der Waals surface area contributed by atoms with Crippen LogP contribution in [-0.2, 0) is 21.2 Å². The van der Waals surface area contributed by atoms with Gasteiger partial charge < -0.3 is 21.1 Å². The average molecular weight is 735 g/mol. The van der Waals surface area contributed by atoms with E-state index < -0.39 is 46.2 Å². The lowest BCUT2D eigenvalue weighted by Crippen LogP contribution is -2.58. The summed E-state index contributed by atoms with van der Waals surface area (Å²) in [6, 6.07) is 15.7. The van der Waals surface area contributed by atoms with E-state index in [1.807, 2.05) is 24.3 Å². The smallest absolute Gasteiger partial charge is 0.406 e. The fourth-order valence-corrected chi connectivity index (χ4v) is 8.47. The highest BCUT2D eigenvalue weighted by atomic mass is 35.5. The molecular formula is C36H39ClF4N4O4S. The van der Waals surface area contributed by atoms with Gasteiger partial charge in [-0.25, -0.2) is 12.8 Å². The second-order valence-corrected chi connectivity index (χ2v) is 14.8. The van der Waals surface area contributed by atoms with Gasteiger partial charge in [-0.2, -0.15) is 4.31 Å². The molecule has 0 radical (unpaired) electrons. The minimum atomic E-state index is -4.89. The maximum absolute atomic E-state index is 13.7. The second-order valence-electron chi connectivity index (χ2n) is 12.5. The largest absolute Gasteiger partial charge is 0.573 e. The van der Waals surface area contributed by atoms with Gasteiger partial charge in [0.25, 0.3) is 0 Å². The standard InChI is InChI=1S/C36H39ClF4N4O4S/c1-23-21-43-22-29(45(23)50(47,48)31-18-16-30(17-19-31)49-36(39,40)41)6-2-4-26-5-3-7-33(26)44-35(46)34(42)32(25-10-12-27(37)13-11-25)20-24-8-14-28(38)15-9-24/h3,7-19,23,29,32,34,43H,2,4-6,20-22,42H2,1H3,(H,44,46)/t23-,29-,32-,34-/m0/s1. The molecule has 268 valence electrons. The summed E-state index contributed by atoms with van der Waals surface area (Å²) < 4.78 is 84.1. The molecule has 3 aromatic rings. The van der Waals surface area contributed by atoms with Crippen molar-refractivity contribution in [2.24, 2.45) is 5.73 Å². The fourth-order valence-electron chi connectivity index (χ4n) is 6.50. The molecule has 0 spiro atoms. The van der Waals surface area contributed by atoms with Crippen molar-refractivity contribution in [2.45, 2.75) is 74.3 Å². The van der Waals surface area contributed by atoms with Crippen LogP contribution in [0.25, 0.3) is 0 Å². The van der Waals surface area contributed by atoms with E-state index in [9.17, 15) is 30.8 Å². The van der Waals surface area contributed by atoms with Crippen molar-refractivity contribution in [1.29, 1.82) is 0 Å². The number of alkyl halides is 3. The third kappa shape index (κ3) is 9.52. The molecule has 1 amide bonds. The maximum atomic E-state index is 13.7. The zero-order valence-corrected chi connectivity index (χ0v) is 28.9. The van der Waals surface area contributed by atoms with Gasteiger partial charge >= 0.3 is 6.36 Å². The SMILES string of the molecule is C[C@H]1CNC[C@H](CCCC2=C(NC(=O)[C@@H](N)[C@@H](Cc3ccc(F)cc3)c3ccc(Cl)cc3)C=CC2)N1S(=O)(=O)c1ccc(OC(F)(F)F)cc1. The van der Waals surface area contributed by atoms with Crippen molar-refractivity contribution in [3.8, 4) is 5.75 Å². The van der Waals surface area contributed by atoms with Gasteiger partial charge in [0.2, 0.25) is 15.9 Å². The summed E-state index contributed by atoms with van der Waals surface area (Å²) in [5.41, 5.74) is 9.87. The molecule has 1 aliphatic heterocycles. The summed E-state index contributed by atoms with van der Waals surface area (Å²) in [4.78, 5) is 13.5. The van der Waals surface area contributed by atoms with Gasteiger partial charge in [-0.1, -0.05) is 41.9 Å². The lowest BCUT2D eigenvalue weighted by molar-refractivity contribution is -0.274. The molecular weight excluding hydrogens is 696 g/mol. The number of nitrogens with zero attached hydrogens (tertiary/aromatic N) is 1. The normalized spacial score (nSPS) is 19.7. The van der Waals surface area contributed by atoms with Crippen LogP contribution in [0.4, 0.5) is 17.6 Å². The molecule has 5 rings (SSSR count). The number of allylic oxidation sites excluding steroid dienone is 3.